The highest BCUT2D eigenvalue weighted by Crippen LogP contribution is 2.21. The molecule has 138 valence electrons. The molecule has 2 aromatic rings. The second-order valence-corrected chi connectivity index (χ2v) is 7.71. The van der Waals surface area contributed by atoms with E-state index in [0.717, 1.165) is 0 Å². The van der Waals surface area contributed by atoms with E-state index in [2.05, 4.69) is 15.4 Å². The first-order valence-electron chi connectivity index (χ1n) is 7.68. The van der Waals surface area contributed by atoms with Crippen molar-refractivity contribution in [2.24, 2.45) is 0 Å². The predicted molar refractivity (Wildman–Crippen MR) is 103 cm³/mol. The number of anilines is 3. The Labute approximate surface area is 156 Å². The van der Waals surface area contributed by atoms with Crippen LogP contribution in [0.5, 0.6) is 0 Å². The maximum absolute atomic E-state index is 12.2. The van der Waals surface area contributed by atoms with Crippen molar-refractivity contribution in [3.05, 3.63) is 53.6 Å². The molecule has 2 rings (SSSR count). The summed E-state index contributed by atoms with van der Waals surface area (Å²) >= 11 is 5.94. The van der Waals surface area contributed by atoms with E-state index in [1.54, 1.807) is 42.5 Å². The average molecular weight is 396 g/mol. The summed E-state index contributed by atoms with van der Waals surface area (Å²) in [7, 11) is -3.73. The summed E-state index contributed by atoms with van der Waals surface area (Å²) in [5.41, 5.74) is 1.18. The number of benzene rings is 2. The topological polar surface area (TPSA) is 104 Å². The van der Waals surface area contributed by atoms with Gasteiger partial charge in [0.25, 0.3) is 0 Å². The SMILES string of the molecule is CC(=O)Nc1cccc(NS(=O)(=O)CCC(=O)Nc2ccccc2Cl)c1. The van der Waals surface area contributed by atoms with Gasteiger partial charge in [0.1, 0.15) is 0 Å². The van der Waals surface area contributed by atoms with E-state index in [4.69, 9.17) is 11.6 Å². The van der Waals surface area contributed by atoms with Crippen LogP contribution in [0.2, 0.25) is 5.02 Å². The molecule has 0 unspecified atom stereocenters. The molecule has 0 aliphatic carbocycles. The van der Waals surface area contributed by atoms with Crippen molar-refractivity contribution in [3.8, 4) is 0 Å². The zero-order chi connectivity index (χ0) is 19.2. The highest BCUT2D eigenvalue weighted by atomic mass is 35.5. The molecule has 0 atom stereocenters. The van der Waals surface area contributed by atoms with Crippen LogP contribution in [-0.2, 0) is 19.6 Å². The summed E-state index contributed by atoms with van der Waals surface area (Å²) in [5, 5.41) is 5.50. The van der Waals surface area contributed by atoms with Gasteiger partial charge in [-0.2, -0.15) is 0 Å². The van der Waals surface area contributed by atoms with Crippen LogP contribution in [0.15, 0.2) is 48.5 Å². The summed E-state index contributed by atoms with van der Waals surface area (Å²) < 4.78 is 26.7. The van der Waals surface area contributed by atoms with Crippen molar-refractivity contribution in [2.75, 3.05) is 21.1 Å². The summed E-state index contributed by atoms with van der Waals surface area (Å²) in [6.07, 6.45) is -0.230. The van der Waals surface area contributed by atoms with Crippen LogP contribution in [-0.4, -0.2) is 26.0 Å². The first-order valence-corrected chi connectivity index (χ1v) is 9.71. The lowest BCUT2D eigenvalue weighted by Gasteiger charge is -2.10. The molecule has 3 N–H and O–H groups in total. The molecule has 26 heavy (non-hydrogen) atoms. The first-order chi connectivity index (χ1) is 12.2. The maximum atomic E-state index is 12.2. The summed E-state index contributed by atoms with van der Waals surface area (Å²) in [4.78, 5) is 23.0. The van der Waals surface area contributed by atoms with Gasteiger partial charge < -0.3 is 10.6 Å². The Morgan fingerprint density at radius 3 is 2.38 bits per heavy atom. The normalized spacial score (nSPS) is 10.8. The van der Waals surface area contributed by atoms with E-state index in [9.17, 15) is 18.0 Å². The monoisotopic (exact) mass is 395 g/mol. The number of carbonyl (C=O) groups excluding carboxylic acids is 2. The van der Waals surface area contributed by atoms with Crippen molar-refractivity contribution < 1.29 is 18.0 Å². The van der Waals surface area contributed by atoms with Gasteiger partial charge in [0.05, 0.1) is 22.2 Å². The van der Waals surface area contributed by atoms with Gasteiger partial charge in [-0.25, -0.2) is 8.42 Å². The fourth-order valence-electron chi connectivity index (χ4n) is 2.10. The van der Waals surface area contributed by atoms with Gasteiger partial charge in [-0.05, 0) is 30.3 Å². The molecule has 0 bridgehead atoms. The highest BCUT2D eigenvalue weighted by Gasteiger charge is 2.14. The van der Waals surface area contributed by atoms with E-state index < -0.39 is 21.7 Å². The molecule has 9 heteroatoms. The van der Waals surface area contributed by atoms with Crippen molar-refractivity contribution in [2.45, 2.75) is 13.3 Å². The van der Waals surface area contributed by atoms with Gasteiger partial charge in [0, 0.05) is 19.0 Å². The fraction of sp³-hybridized carbons (Fsp3) is 0.176. The molecule has 7 nitrogen and oxygen atoms in total. The smallest absolute Gasteiger partial charge is 0.233 e. The fourth-order valence-corrected chi connectivity index (χ4v) is 3.32. The lowest BCUT2D eigenvalue weighted by atomic mass is 10.3. The third-order valence-electron chi connectivity index (χ3n) is 3.20. The van der Waals surface area contributed by atoms with Crippen LogP contribution in [0.1, 0.15) is 13.3 Å². The zero-order valence-electron chi connectivity index (χ0n) is 14.0. The van der Waals surface area contributed by atoms with E-state index in [-0.39, 0.29) is 12.3 Å². The number of carbonyl (C=O) groups is 2. The summed E-state index contributed by atoms with van der Waals surface area (Å²) in [5.74, 6) is -1.12. The molecule has 0 spiro atoms. The third-order valence-corrected chi connectivity index (χ3v) is 4.82. The van der Waals surface area contributed by atoms with Gasteiger partial charge in [-0.3, -0.25) is 14.3 Å². The van der Waals surface area contributed by atoms with Crippen LogP contribution in [0.3, 0.4) is 0 Å². The van der Waals surface area contributed by atoms with Gasteiger partial charge in [-0.15, -0.1) is 0 Å². The Balaban J connectivity index is 1.93. The first kappa shape index (κ1) is 19.7. The second-order valence-electron chi connectivity index (χ2n) is 5.46. The van der Waals surface area contributed by atoms with Crippen LogP contribution >= 0.6 is 11.6 Å². The molecule has 0 saturated heterocycles. The number of sulfonamides is 1. The zero-order valence-corrected chi connectivity index (χ0v) is 15.5. The number of hydrogen-bond acceptors (Lipinski definition) is 4. The summed E-state index contributed by atoms with van der Waals surface area (Å²) in [6, 6.07) is 13.0. The number of halogens is 1. The molecule has 0 heterocycles. The van der Waals surface area contributed by atoms with E-state index in [1.165, 1.54) is 13.0 Å². The number of para-hydroxylation sites is 1. The molecule has 0 aliphatic rings. The van der Waals surface area contributed by atoms with Gasteiger partial charge >= 0.3 is 0 Å². The summed E-state index contributed by atoms with van der Waals surface area (Å²) in [6.45, 7) is 1.36. The van der Waals surface area contributed by atoms with E-state index in [0.29, 0.717) is 22.1 Å². The standard InChI is InChI=1S/C17H18ClN3O4S/c1-12(22)19-13-5-4-6-14(11-13)21-26(24,25)10-9-17(23)20-16-8-3-2-7-15(16)18/h2-8,11,21H,9-10H2,1H3,(H,19,22)(H,20,23). The lowest BCUT2D eigenvalue weighted by molar-refractivity contribution is -0.116. The maximum Gasteiger partial charge on any atom is 0.233 e. The van der Waals surface area contributed by atoms with Crippen LogP contribution in [0.25, 0.3) is 0 Å². The predicted octanol–water partition coefficient (Wildman–Crippen LogP) is 3.07. The molecule has 0 aromatic heterocycles. The number of nitrogens with one attached hydrogen (secondary N) is 3. The molecule has 2 aromatic carbocycles. The van der Waals surface area contributed by atoms with Crippen molar-refractivity contribution in [1.29, 1.82) is 0 Å². The van der Waals surface area contributed by atoms with Gasteiger partial charge in [-0.1, -0.05) is 29.8 Å². The van der Waals surface area contributed by atoms with Crippen molar-refractivity contribution in [1.82, 2.24) is 0 Å². The van der Waals surface area contributed by atoms with Crippen molar-refractivity contribution >= 4 is 50.5 Å². The van der Waals surface area contributed by atoms with Gasteiger partial charge in [0.2, 0.25) is 21.8 Å². The quantitative estimate of drug-likeness (QED) is 0.670. The second kappa shape index (κ2) is 8.68. The highest BCUT2D eigenvalue weighted by molar-refractivity contribution is 7.92. The van der Waals surface area contributed by atoms with Gasteiger partial charge in [0.15, 0.2) is 0 Å². The largest absolute Gasteiger partial charge is 0.326 e. The lowest BCUT2D eigenvalue weighted by Crippen LogP contribution is -2.22. The Hall–Kier alpha value is -2.58. The van der Waals surface area contributed by atoms with Crippen LogP contribution in [0, 0.1) is 0 Å². The molecule has 2 amide bonds. The van der Waals surface area contributed by atoms with Crippen molar-refractivity contribution in [3.63, 3.8) is 0 Å². The Bertz CT molecular complexity index is 916. The number of hydrogen-bond donors (Lipinski definition) is 3. The van der Waals surface area contributed by atoms with Crippen LogP contribution in [0.4, 0.5) is 17.1 Å². The molecular formula is C17H18ClN3O4S. The third kappa shape index (κ3) is 6.38. The Morgan fingerprint density at radius 2 is 1.69 bits per heavy atom. The van der Waals surface area contributed by atoms with Crippen LogP contribution < -0.4 is 15.4 Å². The van der Waals surface area contributed by atoms with E-state index >= 15 is 0 Å². The molecule has 0 saturated carbocycles. The number of amides is 2. The minimum atomic E-state index is -3.73. The Morgan fingerprint density at radius 1 is 1.00 bits per heavy atom. The molecular weight excluding hydrogens is 378 g/mol. The molecule has 0 radical (unpaired) electrons. The Kier molecular flexibility index (Phi) is 6.59. The molecule has 0 fully saturated rings. The average Bonchev–Trinajstić information content (AvgIpc) is 2.54. The van der Waals surface area contributed by atoms with E-state index in [1.807, 2.05) is 0 Å². The number of rotatable bonds is 7. The molecule has 0 aliphatic heterocycles. The minimum absolute atomic E-state index is 0.230. The minimum Gasteiger partial charge on any atom is -0.326 e.